The standard InChI is InChI=1S/C4H5N.C4H4O.C4H4S.C3H4N2.2C3H3NO.2C3H3NS/c4*1-2-4-5-3-1;1-2-5-3-4-1;1-2-4-5-3-1;1-2-5-3-4-1;1-2-4-5-3-1/h1-5H;2*1-4H;1-3H,(H,4,5);4*1-3H. The van der Waals surface area contributed by atoms with Crippen molar-refractivity contribution in [3.8, 4) is 0 Å². The Bertz CT molecular complexity index is 822. The third-order valence-electron chi connectivity index (χ3n) is 3.14. The average Bonchev–Trinajstić information content (AvgIpc) is 3.95. The maximum atomic E-state index is 4.58. The lowest BCUT2D eigenvalue weighted by atomic mass is 10.7. The summed E-state index contributed by atoms with van der Waals surface area (Å²) < 4.78 is 17.2. The van der Waals surface area contributed by atoms with Gasteiger partial charge in [-0.15, -0.1) is 11.3 Å². The van der Waals surface area contributed by atoms with Crippen molar-refractivity contribution in [1.82, 2.24) is 34.7 Å². The molecule has 10 nitrogen and oxygen atoms in total. The first-order chi connectivity index (χ1) is 20.0. The lowest BCUT2D eigenvalue weighted by molar-refractivity contribution is 0.420. The molecular formula is C27H29N7O3S3. The van der Waals surface area contributed by atoms with Crippen LogP contribution in [0.4, 0.5) is 0 Å². The third-order valence-corrected chi connectivity index (χ3v) is 4.81. The van der Waals surface area contributed by atoms with E-state index in [1.807, 2.05) is 82.4 Å². The number of oxazole rings is 1. The number of H-pyrrole nitrogens is 2. The number of thiazole rings is 1. The Morgan fingerprint density at radius 1 is 0.550 bits per heavy atom. The van der Waals surface area contributed by atoms with Crippen LogP contribution >= 0.6 is 34.2 Å². The van der Waals surface area contributed by atoms with Crippen LogP contribution in [0.2, 0.25) is 0 Å². The van der Waals surface area contributed by atoms with Crippen molar-refractivity contribution in [3.05, 3.63) is 163 Å². The molecule has 0 atom stereocenters. The molecule has 0 amide bonds. The molecule has 0 aliphatic heterocycles. The lowest BCUT2D eigenvalue weighted by Crippen LogP contribution is -1.53. The van der Waals surface area contributed by atoms with E-state index in [0.29, 0.717) is 0 Å². The van der Waals surface area contributed by atoms with Gasteiger partial charge in [-0.2, -0.15) is 16.4 Å². The van der Waals surface area contributed by atoms with Gasteiger partial charge in [0.15, 0.2) is 6.39 Å². The van der Waals surface area contributed by atoms with Crippen LogP contribution in [0.5, 0.6) is 0 Å². The number of furan rings is 1. The van der Waals surface area contributed by atoms with Gasteiger partial charge in [0.05, 0.1) is 30.4 Å². The van der Waals surface area contributed by atoms with Crippen LogP contribution in [0.1, 0.15) is 0 Å². The summed E-state index contributed by atoms with van der Waals surface area (Å²) in [4.78, 5) is 10.2. The molecule has 40 heavy (non-hydrogen) atoms. The highest BCUT2D eigenvalue weighted by Gasteiger charge is 1.62. The molecule has 0 spiro atoms. The molecule has 0 bridgehead atoms. The summed E-state index contributed by atoms with van der Waals surface area (Å²) >= 11 is 4.78. The molecule has 208 valence electrons. The number of thiophene rings is 1. The number of hydrogen-bond donors (Lipinski definition) is 2. The molecule has 0 aromatic carbocycles. The van der Waals surface area contributed by atoms with Crippen molar-refractivity contribution < 1.29 is 13.4 Å². The summed E-state index contributed by atoms with van der Waals surface area (Å²) in [5, 5.41) is 17.5. The molecule has 2 N–H and O–H groups in total. The minimum Gasteiger partial charge on any atom is -0.473 e. The fourth-order valence-electron chi connectivity index (χ4n) is 1.65. The zero-order valence-corrected chi connectivity index (χ0v) is 23.7. The van der Waals surface area contributed by atoms with Crippen molar-refractivity contribution in [2.24, 2.45) is 0 Å². The van der Waals surface area contributed by atoms with Gasteiger partial charge in [-0.1, -0.05) is 17.3 Å². The van der Waals surface area contributed by atoms with Crippen molar-refractivity contribution in [1.29, 1.82) is 0 Å². The Morgan fingerprint density at radius 2 is 1.40 bits per heavy atom. The molecule has 8 rings (SSSR count). The molecule has 8 aromatic rings. The van der Waals surface area contributed by atoms with E-state index in [1.165, 1.54) is 30.5 Å². The molecule has 13 heteroatoms. The fourth-order valence-corrected chi connectivity index (χ4v) is 2.81. The van der Waals surface area contributed by atoms with Crippen molar-refractivity contribution in [3.63, 3.8) is 0 Å². The van der Waals surface area contributed by atoms with Gasteiger partial charge in [-0.05, 0) is 64.8 Å². The highest BCUT2D eigenvalue weighted by molar-refractivity contribution is 7.07. The van der Waals surface area contributed by atoms with Gasteiger partial charge in [0.25, 0.3) is 0 Å². The van der Waals surface area contributed by atoms with Crippen LogP contribution in [-0.4, -0.2) is 34.7 Å². The maximum Gasteiger partial charge on any atom is 0.180 e. The Balaban J connectivity index is 0.000000229. The first-order valence-corrected chi connectivity index (χ1v) is 14.0. The van der Waals surface area contributed by atoms with Gasteiger partial charge in [0.1, 0.15) is 12.5 Å². The largest absolute Gasteiger partial charge is 0.473 e. The van der Waals surface area contributed by atoms with Gasteiger partial charge < -0.3 is 18.3 Å². The van der Waals surface area contributed by atoms with Gasteiger partial charge in [-0.25, -0.2) is 9.36 Å². The Kier molecular flexibility index (Phi) is 25.2. The Hall–Kier alpha value is -4.85. The number of aromatic amines is 2. The molecule has 0 aliphatic carbocycles. The number of nitrogens with zero attached hydrogens (tertiary/aromatic N) is 5. The molecule has 0 aliphatic rings. The predicted octanol–water partition coefficient (Wildman–Crippen LogP) is 8.09. The number of nitrogens with one attached hydrogen (secondary N) is 2. The Morgan fingerprint density at radius 3 is 1.60 bits per heavy atom. The molecule has 0 radical (unpaired) electrons. The van der Waals surface area contributed by atoms with E-state index in [0.717, 1.165) is 0 Å². The second kappa shape index (κ2) is 30.4. The third kappa shape index (κ3) is 27.7. The predicted molar refractivity (Wildman–Crippen MR) is 160 cm³/mol. The van der Waals surface area contributed by atoms with E-state index in [2.05, 4.69) is 48.0 Å². The SMILES string of the molecule is c1cc[nH]c1.c1ccoc1.c1ccsc1.c1cn[nH]c1.c1cnoc1.c1cnsc1.c1cocn1.c1cscn1. The normalized spacial score (nSPS) is 8.00. The lowest BCUT2D eigenvalue weighted by Gasteiger charge is -1.50. The van der Waals surface area contributed by atoms with Gasteiger partial charge >= 0.3 is 0 Å². The van der Waals surface area contributed by atoms with Crippen LogP contribution in [0.15, 0.2) is 176 Å². The van der Waals surface area contributed by atoms with Crippen molar-refractivity contribution >= 4 is 34.2 Å². The van der Waals surface area contributed by atoms with E-state index in [-0.39, 0.29) is 0 Å². The number of rotatable bonds is 0. The first kappa shape index (κ1) is 33.2. The topological polar surface area (TPSA) is 135 Å². The molecule has 8 aromatic heterocycles. The fraction of sp³-hybridized carbons (Fsp3) is 0. The van der Waals surface area contributed by atoms with E-state index in [4.69, 9.17) is 0 Å². The van der Waals surface area contributed by atoms with Crippen molar-refractivity contribution in [2.75, 3.05) is 0 Å². The van der Waals surface area contributed by atoms with Crippen LogP contribution in [0, 0.1) is 0 Å². The minimum atomic E-state index is 1.38. The molecular weight excluding hydrogens is 567 g/mol. The van der Waals surface area contributed by atoms with Gasteiger partial charge in [-0.3, -0.25) is 10.1 Å². The zero-order chi connectivity index (χ0) is 28.3. The monoisotopic (exact) mass is 595 g/mol. The van der Waals surface area contributed by atoms with Crippen LogP contribution in [0.3, 0.4) is 0 Å². The van der Waals surface area contributed by atoms with E-state index in [1.54, 1.807) is 84.0 Å². The minimum absolute atomic E-state index is 1.38. The zero-order valence-electron chi connectivity index (χ0n) is 21.3. The van der Waals surface area contributed by atoms with E-state index in [9.17, 15) is 0 Å². The summed E-state index contributed by atoms with van der Waals surface area (Å²) in [5.74, 6) is 0. The Labute approximate surface area is 244 Å². The first-order valence-electron chi connectivity index (χ1n) is 11.3. The van der Waals surface area contributed by atoms with Gasteiger partial charge in [0, 0.05) is 47.9 Å². The highest BCUT2D eigenvalue weighted by Crippen LogP contribution is 1.91. The number of aromatic nitrogens is 7. The van der Waals surface area contributed by atoms with Crippen LogP contribution in [-0.2, 0) is 0 Å². The maximum absolute atomic E-state index is 4.58. The second-order valence-corrected chi connectivity index (χ2v) is 8.23. The molecule has 0 fully saturated rings. The van der Waals surface area contributed by atoms with E-state index < -0.39 is 0 Å². The second-order valence-electron chi connectivity index (χ2n) is 5.97. The molecule has 8 heterocycles. The van der Waals surface area contributed by atoms with Crippen molar-refractivity contribution in [2.45, 2.75) is 0 Å². The smallest absolute Gasteiger partial charge is 0.180 e. The molecule has 0 saturated heterocycles. The molecule has 0 unspecified atom stereocenters. The van der Waals surface area contributed by atoms with Gasteiger partial charge in [0.2, 0.25) is 0 Å². The average molecular weight is 596 g/mol. The van der Waals surface area contributed by atoms with Crippen LogP contribution < -0.4 is 0 Å². The molecule has 0 saturated carbocycles. The number of hydrogen-bond acceptors (Lipinski definition) is 11. The summed E-state index contributed by atoms with van der Waals surface area (Å²) in [6, 6.07) is 17.1. The summed E-state index contributed by atoms with van der Waals surface area (Å²) in [6.45, 7) is 0. The van der Waals surface area contributed by atoms with E-state index >= 15 is 0 Å². The quantitative estimate of drug-likeness (QED) is 0.180. The summed E-state index contributed by atoms with van der Waals surface area (Å²) in [5.41, 5.74) is 1.79. The summed E-state index contributed by atoms with van der Waals surface area (Å²) in [6.07, 6.45) is 21.6. The highest BCUT2D eigenvalue weighted by atomic mass is 32.1. The van der Waals surface area contributed by atoms with Crippen LogP contribution in [0.25, 0.3) is 0 Å². The summed E-state index contributed by atoms with van der Waals surface area (Å²) in [7, 11) is 0.